The topological polar surface area (TPSA) is 76.7 Å². The van der Waals surface area contributed by atoms with Gasteiger partial charge < -0.3 is 20.1 Å². The fraction of sp³-hybridized carbons (Fsp3) is 0.300. The highest BCUT2D eigenvalue weighted by molar-refractivity contribution is 6.32. The maximum Gasteiger partial charge on any atom is 0.228 e. The van der Waals surface area contributed by atoms with Gasteiger partial charge in [-0.1, -0.05) is 29.3 Å². The normalized spacial score (nSPS) is 17.8. The zero-order valence-electron chi connectivity index (χ0n) is 15.3. The van der Waals surface area contributed by atoms with Crippen LogP contribution in [0, 0.1) is 18.8 Å². The van der Waals surface area contributed by atoms with Crippen LogP contribution in [0.4, 0.5) is 11.4 Å². The maximum atomic E-state index is 12.5. The number of carbonyl (C=O) groups is 2. The summed E-state index contributed by atoms with van der Waals surface area (Å²) in [7, 11) is 2.98. The molecule has 2 aromatic carbocycles. The summed E-state index contributed by atoms with van der Waals surface area (Å²) >= 11 is 6.07. The van der Waals surface area contributed by atoms with Crippen LogP contribution in [-0.4, -0.2) is 26.0 Å². The average molecular weight is 389 g/mol. The van der Waals surface area contributed by atoms with Crippen LogP contribution in [0.1, 0.15) is 12.0 Å². The molecule has 2 aromatic rings. The van der Waals surface area contributed by atoms with E-state index in [0.717, 1.165) is 11.3 Å². The van der Waals surface area contributed by atoms with Gasteiger partial charge in [0.25, 0.3) is 0 Å². The molecule has 0 aliphatic heterocycles. The summed E-state index contributed by atoms with van der Waals surface area (Å²) in [4.78, 5) is 24.9. The molecule has 7 heteroatoms. The number of rotatable bonds is 6. The highest BCUT2D eigenvalue weighted by Crippen LogP contribution is 2.42. The summed E-state index contributed by atoms with van der Waals surface area (Å²) < 4.78 is 10.4. The standard InChI is InChI=1S/C20H21ClN2O4/c1-11-4-6-12(7-5-11)22-19(24)13-8-14(13)20(25)23-16-10-17(26-2)15(21)9-18(16)27-3/h4-7,9-10,13-14H,8H2,1-3H3,(H,22,24)(H,23,25). The predicted molar refractivity (Wildman–Crippen MR) is 105 cm³/mol. The Morgan fingerprint density at radius 3 is 2.15 bits per heavy atom. The molecule has 0 aromatic heterocycles. The van der Waals surface area contributed by atoms with Crippen molar-refractivity contribution in [3.8, 4) is 11.5 Å². The minimum Gasteiger partial charge on any atom is -0.495 e. The Morgan fingerprint density at radius 2 is 1.56 bits per heavy atom. The number of halogens is 1. The average Bonchev–Trinajstić information content (AvgIpc) is 3.45. The number of anilines is 2. The van der Waals surface area contributed by atoms with E-state index in [2.05, 4.69) is 10.6 Å². The van der Waals surface area contributed by atoms with Crippen LogP contribution < -0.4 is 20.1 Å². The molecule has 0 heterocycles. The second-order valence-corrected chi connectivity index (χ2v) is 6.89. The van der Waals surface area contributed by atoms with E-state index in [1.165, 1.54) is 14.2 Å². The Morgan fingerprint density at radius 1 is 0.963 bits per heavy atom. The maximum absolute atomic E-state index is 12.5. The summed E-state index contributed by atoms with van der Waals surface area (Å²) in [5.74, 6) is -0.248. The fourth-order valence-electron chi connectivity index (χ4n) is 2.83. The Labute approximate surface area is 162 Å². The Hall–Kier alpha value is -2.73. The lowest BCUT2D eigenvalue weighted by molar-refractivity contribution is -0.122. The third-order valence-electron chi connectivity index (χ3n) is 4.51. The lowest BCUT2D eigenvalue weighted by Gasteiger charge is -2.13. The second-order valence-electron chi connectivity index (χ2n) is 6.48. The quantitative estimate of drug-likeness (QED) is 0.787. The van der Waals surface area contributed by atoms with Crippen molar-refractivity contribution >= 4 is 34.8 Å². The van der Waals surface area contributed by atoms with E-state index in [1.807, 2.05) is 31.2 Å². The molecule has 2 atom stereocenters. The molecule has 0 radical (unpaired) electrons. The molecular formula is C20H21ClN2O4. The van der Waals surface area contributed by atoms with Crippen LogP contribution in [0.3, 0.4) is 0 Å². The molecule has 1 aliphatic rings. The van der Waals surface area contributed by atoms with E-state index in [4.69, 9.17) is 21.1 Å². The first-order chi connectivity index (χ1) is 12.9. The highest BCUT2D eigenvalue weighted by atomic mass is 35.5. The summed E-state index contributed by atoms with van der Waals surface area (Å²) in [6.07, 6.45) is 0.510. The smallest absolute Gasteiger partial charge is 0.228 e. The Kier molecular flexibility index (Phi) is 5.56. The van der Waals surface area contributed by atoms with Crippen LogP contribution in [0.5, 0.6) is 11.5 Å². The highest BCUT2D eigenvalue weighted by Gasteiger charge is 2.48. The number of aryl methyl sites for hydroxylation is 1. The number of ether oxygens (including phenoxy) is 2. The molecule has 1 saturated carbocycles. The first-order valence-electron chi connectivity index (χ1n) is 8.53. The van der Waals surface area contributed by atoms with Crippen LogP contribution in [0.25, 0.3) is 0 Å². The zero-order chi connectivity index (χ0) is 19.6. The largest absolute Gasteiger partial charge is 0.495 e. The number of amides is 2. The lowest BCUT2D eigenvalue weighted by atomic mass is 10.2. The van der Waals surface area contributed by atoms with Crippen LogP contribution in [-0.2, 0) is 9.59 Å². The van der Waals surface area contributed by atoms with E-state index in [1.54, 1.807) is 12.1 Å². The SMILES string of the molecule is COc1cc(NC(=O)C2CC2C(=O)Nc2ccc(C)cc2)c(OC)cc1Cl. The minimum absolute atomic E-state index is 0.153. The molecule has 2 amide bonds. The van der Waals surface area contributed by atoms with Crippen molar-refractivity contribution in [2.24, 2.45) is 11.8 Å². The van der Waals surface area contributed by atoms with Gasteiger partial charge in [-0.3, -0.25) is 9.59 Å². The monoisotopic (exact) mass is 388 g/mol. The van der Waals surface area contributed by atoms with Gasteiger partial charge in [-0.2, -0.15) is 0 Å². The van der Waals surface area contributed by atoms with Gasteiger partial charge in [0.05, 0.1) is 36.8 Å². The fourth-order valence-corrected chi connectivity index (χ4v) is 3.06. The van der Waals surface area contributed by atoms with Crippen molar-refractivity contribution in [3.05, 3.63) is 47.0 Å². The van der Waals surface area contributed by atoms with Crippen molar-refractivity contribution in [1.29, 1.82) is 0 Å². The molecule has 142 valence electrons. The summed E-state index contributed by atoms with van der Waals surface area (Å²) in [6.45, 7) is 1.98. The van der Waals surface area contributed by atoms with Crippen LogP contribution in [0.2, 0.25) is 5.02 Å². The number of hydrogen-bond acceptors (Lipinski definition) is 4. The number of hydrogen-bond donors (Lipinski definition) is 2. The number of carbonyl (C=O) groups excluding carboxylic acids is 2. The van der Waals surface area contributed by atoms with E-state index in [9.17, 15) is 9.59 Å². The second kappa shape index (κ2) is 7.88. The molecular weight excluding hydrogens is 368 g/mol. The Balaban J connectivity index is 1.63. The van der Waals surface area contributed by atoms with E-state index >= 15 is 0 Å². The molecule has 1 aliphatic carbocycles. The third kappa shape index (κ3) is 4.34. The molecule has 0 spiro atoms. The van der Waals surface area contributed by atoms with Gasteiger partial charge in [0.15, 0.2) is 0 Å². The number of methoxy groups -OCH3 is 2. The van der Waals surface area contributed by atoms with E-state index < -0.39 is 0 Å². The number of benzene rings is 2. The van der Waals surface area contributed by atoms with Crippen molar-refractivity contribution in [1.82, 2.24) is 0 Å². The van der Waals surface area contributed by atoms with E-state index in [-0.39, 0.29) is 23.7 Å². The number of nitrogens with one attached hydrogen (secondary N) is 2. The minimum atomic E-state index is -0.373. The van der Waals surface area contributed by atoms with Crippen molar-refractivity contribution < 1.29 is 19.1 Å². The first kappa shape index (κ1) is 19.0. The molecule has 0 saturated heterocycles. The summed E-state index contributed by atoms with van der Waals surface area (Å²) in [5, 5.41) is 6.03. The molecule has 3 rings (SSSR count). The lowest BCUT2D eigenvalue weighted by Crippen LogP contribution is -2.20. The third-order valence-corrected chi connectivity index (χ3v) is 4.81. The molecule has 6 nitrogen and oxygen atoms in total. The predicted octanol–water partition coefficient (Wildman–Crippen LogP) is 3.88. The van der Waals surface area contributed by atoms with Gasteiger partial charge >= 0.3 is 0 Å². The van der Waals surface area contributed by atoms with Crippen LogP contribution >= 0.6 is 11.6 Å². The molecule has 27 heavy (non-hydrogen) atoms. The molecule has 0 bridgehead atoms. The van der Waals surface area contributed by atoms with Gasteiger partial charge in [-0.25, -0.2) is 0 Å². The van der Waals surface area contributed by atoms with Crippen molar-refractivity contribution in [3.63, 3.8) is 0 Å². The molecule has 1 fully saturated rings. The van der Waals surface area contributed by atoms with Crippen molar-refractivity contribution in [2.45, 2.75) is 13.3 Å². The van der Waals surface area contributed by atoms with Crippen LogP contribution in [0.15, 0.2) is 36.4 Å². The molecule has 2 N–H and O–H groups in total. The van der Waals surface area contributed by atoms with Gasteiger partial charge in [-0.05, 0) is 25.5 Å². The van der Waals surface area contributed by atoms with Gasteiger partial charge in [0.1, 0.15) is 11.5 Å². The van der Waals surface area contributed by atoms with Gasteiger partial charge in [0.2, 0.25) is 11.8 Å². The van der Waals surface area contributed by atoms with E-state index in [0.29, 0.717) is 28.6 Å². The summed E-state index contributed by atoms with van der Waals surface area (Å²) in [5.41, 5.74) is 2.29. The van der Waals surface area contributed by atoms with Gasteiger partial charge in [-0.15, -0.1) is 0 Å². The van der Waals surface area contributed by atoms with Crippen molar-refractivity contribution in [2.75, 3.05) is 24.9 Å². The first-order valence-corrected chi connectivity index (χ1v) is 8.90. The Bertz CT molecular complexity index is 867. The zero-order valence-corrected chi connectivity index (χ0v) is 16.1. The molecule has 2 unspecified atom stereocenters. The summed E-state index contributed by atoms with van der Waals surface area (Å²) in [6, 6.07) is 10.7. The van der Waals surface area contributed by atoms with Gasteiger partial charge in [0, 0.05) is 17.8 Å².